The molecule has 0 amide bonds. The van der Waals surface area contributed by atoms with E-state index in [1.54, 1.807) is 6.20 Å². The molecule has 104 valence electrons. The van der Waals surface area contributed by atoms with Gasteiger partial charge >= 0.3 is 0 Å². The predicted molar refractivity (Wildman–Crippen MR) is 78.6 cm³/mol. The lowest BCUT2D eigenvalue weighted by atomic mass is 9.95. The van der Waals surface area contributed by atoms with Crippen molar-refractivity contribution in [3.8, 4) is 17.0 Å². The smallest absolute Gasteiger partial charge is 0.119 e. The zero-order chi connectivity index (χ0) is 13.8. The SMILES string of the molecule is OC1CCC(Oc2ccc(-c3ccccn3)cc2)CC1. The molecular formula is C17H19NO2. The van der Waals surface area contributed by atoms with Gasteiger partial charge in [0.15, 0.2) is 0 Å². The molecule has 1 heterocycles. The van der Waals surface area contributed by atoms with E-state index in [0.717, 1.165) is 42.7 Å². The second-order valence-corrected chi connectivity index (χ2v) is 5.29. The van der Waals surface area contributed by atoms with Crippen LogP contribution >= 0.6 is 0 Å². The number of ether oxygens (including phenoxy) is 1. The van der Waals surface area contributed by atoms with Crippen LogP contribution in [0.5, 0.6) is 5.75 Å². The van der Waals surface area contributed by atoms with E-state index in [2.05, 4.69) is 4.98 Å². The van der Waals surface area contributed by atoms with Crippen LogP contribution in [0.2, 0.25) is 0 Å². The maximum absolute atomic E-state index is 9.49. The third-order valence-corrected chi connectivity index (χ3v) is 3.76. The second kappa shape index (κ2) is 6.06. The highest BCUT2D eigenvalue weighted by Gasteiger charge is 2.20. The van der Waals surface area contributed by atoms with Crippen LogP contribution in [0.15, 0.2) is 48.7 Å². The zero-order valence-corrected chi connectivity index (χ0v) is 11.4. The summed E-state index contributed by atoms with van der Waals surface area (Å²) in [4.78, 5) is 4.33. The quantitative estimate of drug-likeness (QED) is 0.928. The summed E-state index contributed by atoms with van der Waals surface area (Å²) in [5, 5.41) is 9.49. The van der Waals surface area contributed by atoms with Gasteiger partial charge in [-0.2, -0.15) is 0 Å². The van der Waals surface area contributed by atoms with Gasteiger partial charge in [0.1, 0.15) is 5.75 Å². The first-order chi connectivity index (χ1) is 9.81. The average molecular weight is 269 g/mol. The highest BCUT2D eigenvalue weighted by atomic mass is 16.5. The Morgan fingerprint density at radius 2 is 1.70 bits per heavy atom. The first kappa shape index (κ1) is 13.1. The molecule has 1 saturated carbocycles. The number of rotatable bonds is 3. The fourth-order valence-corrected chi connectivity index (χ4v) is 2.59. The van der Waals surface area contributed by atoms with E-state index in [4.69, 9.17) is 4.74 Å². The molecule has 1 aliphatic carbocycles. The molecule has 1 N–H and O–H groups in total. The summed E-state index contributed by atoms with van der Waals surface area (Å²) in [6.45, 7) is 0. The van der Waals surface area contributed by atoms with Crippen LogP contribution in [-0.4, -0.2) is 22.3 Å². The number of benzene rings is 1. The number of aliphatic hydroxyl groups is 1. The zero-order valence-electron chi connectivity index (χ0n) is 11.4. The van der Waals surface area contributed by atoms with E-state index in [9.17, 15) is 5.11 Å². The summed E-state index contributed by atoms with van der Waals surface area (Å²) in [6.07, 6.45) is 5.45. The minimum atomic E-state index is -0.138. The van der Waals surface area contributed by atoms with Gasteiger partial charge in [-0.3, -0.25) is 4.98 Å². The molecule has 3 rings (SSSR count). The summed E-state index contributed by atoms with van der Waals surface area (Å²) >= 11 is 0. The molecular weight excluding hydrogens is 250 g/mol. The summed E-state index contributed by atoms with van der Waals surface area (Å²) in [5.74, 6) is 0.895. The van der Waals surface area contributed by atoms with Crippen molar-refractivity contribution in [3.05, 3.63) is 48.7 Å². The molecule has 0 saturated heterocycles. The molecule has 0 aliphatic heterocycles. The van der Waals surface area contributed by atoms with Crippen molar-refractivity contribution in [2.24, 2.45) is 0 Å². The normalized spacial score (nSPS) is 22.4. The van der Waals surface area contributed by atoms with Gasteiger partial charge in [-0.05, 0) is 62.1 Å². The van der Waals surface area contributed by atoms with Crippen LogP contribution in [0.3, 0.4) is 0 Å². The monoisotopic (exact) mass is 269 g/mol. The maximum atomic E-state index is 9.49. The van der Waals surface area contributed by atoms with Crippen molar-refractivity contribution >= 4 is 0 Å². The molecule has 0 radical (unpaired) electrons. The van der Waals surface area contributed by atoms with Crippen molar-refractivity contribution in [2.75, 3.05) is 0 Å². The van der Waals surface area contributed by atoms with Crippen molar-refractivity contribution in [1.29, 1.82) is 0 Å². The minimum Gasteiger partial charge on any atom is -0.490 e. The van der Waals surface area contributed by atoms with E-state index in [1.165, 1.54) is 0 Å². The summed E-state index contributed by atoms with van der Waals surface area (Å²) in [5.41, 5.74) is 2.07. The molecule has 20 heavy (non-hydrogen) atoms. The molecule has 3 heteroatoms. The molecule has 0 unspecified atom stereocenters. The van der Waals surface area contributed by atoms with Gasteiger partial charge < -0.3 is 9.84 Å². The molecule has 1 aromatic carbocycles. The topological polar surface area (TPSA) is 42.4 Å². The van der Waals surface area contributed by atoms with Gasteiger partial charge in [-0.15, -0.1) is 0 Å². The summed E-state index contributed by atoms with van der Waals surface area (Å²) < 4.78 is 5.96. The fraction of sp³-hybridized carbons (Fsp3) is 0.353. The van der Waals surface area contributed by atoms with Crippen LogP contribution in [-0.2, 0) is 0 Å². The van der Waals surface area contributed by atoms with Crippen LogP contribution in [0, 0.1) is 0 Å². The van der Waals surface area contributed by atoms with Gasteiger partial charge in [0.25, 0.3) is 0 Å². The molecule has 1 aliphatic rings. The number of hydrogen-bond donors (Lipinski definition) is 1. The fourth-order valence-electron chi connectivity index (χ4n) is 2.59. The van der Waals surface area contributed by atoms with E-state index in [1.807, 2.05) is 42.5 Å². The van der Waals surface area contributed by atoms with Crippen molar-refractivity contribution in [2.45, 2.75) is 37.9 Å². The van der Waals surface area contributed by atoms with Crippen molar-refractivity contribution in [1.82, 2.24) is 4.98 Å². The van der Waals surface area contributed by atoms with Gasteiger partial charge in [0.2, 0.25) is 0 Å². The number of aliphatic hydroxyl groups excluding tert-OH is 1. The molecule has 1 aromatic heterocycles. The largest absolute Gasteiger partial charge is 0.490 e. The van der Waals surface area contributed by atoms with Crippen LogP contribution in [0.25, 0.3) is 11.3 Å². The number of nitrogens with zero attached hydrogens (tertiary/aromatic N) is 1. The summed E-state index contributed by atoms with van der Waals surface area (Å²) in [7, 11) is 0. The van der Waals surface area contributed by atoms with Gasteiger partial charge in [-0.1, -0.05) is 6.07 Å². The summed E-state index contributed by atoms with van der Waals surface area (Å²) in [6, 6.07) is 14.0. The van der Waals surface area contributed by atoms with Gasteiger partial charge in [0.05, 0.1) is 17.9 Å². The molecule has 0 spiro atoms. The van der Waals surface area contributed by atoms with Crippen molar-refractivity contribution < 1.29 is 9.84 Å². The Morgan fingerprint density at radius 3 is 2.35 bits per heavy atom. The molecule has 0 bridgehead atoms. The first-order valence-corrected chi connectivity index (χ1v) is 7.17. The first-order valence-electron chi connectivity index (χ1n) is 7.17. The van der Waals surface area contributed by atoms with Crippen LogP contribution in [0.1, 0.15) is 25.7 Å². The Balaban J connectivity index is 1.65. The molecule has 2 aromatic rings. The molecule has 1 fully saturated rings. The minimum absolute atomic E-state index is 0.138. The van der Waals surface area contributed by atoms with Crippen LogP contribution in [0.4, 0.5) is 0 Å². The number of hydrogen-bond acceptors (Lipinski definition) is 3. The second-order valence-electron chi connectivity index (χ2n) is 5.29. The highest BCUT2D eigenvalue weighted by Crippen LogP contribution is 2.25. The molecule has 3 nitrogen and oxygen atoms in total. The van der Waals surface area contributed by atoms with Crippen molar-refractivity contribution in [3.63, 3.8) is 0 Å². The van der Waals surface area contributed by atoms with E-state index < -0.39 is 0 Å². The average Bonchev–Trinajstić information content (AvgIpc) is 2.51. The van der Waals surface area contributed by atoms with E-state index in [0.29, 0.717) is 0 Å². The van der Waals surface area contributed by atoms with Crippen LogP contribution < -0.4 is 4.74 Å². The Labute approximate surface area is 119 Å². The van der Waals surface area contributed by atoms with Gasteiger partial charge in [-0.25, -0.2) is 0 Å². The standard InChI is InChI=1S/C17H19NO2/c19-14-6-10-16(11-7-14)20-15-8-4-13(5-9-15)17-3-1-2-12-18-17/h1-5,8-9,12,14,16,19H,6-7,10-11H2. The predicted octanol–water partition coefficient (Wildman–Crippen LogP) is 3.43. The Morgan fingerprint density at radius 1 is 0.950 bits per heavy atom. The lowest BCUT2D eigenvalue weighted by Gasteiger charge is -2.26. The third kappa shape index (κ3) is 3.17. The Hall–Kier alpha value is -1.87. The van der Waals surface area contributed by atoms with E-state index in [-0.39, 0.29) is 12.2 Å². The Kier molecular flexibility index (Phi) is 3.97. The maximum Gasteiger partial charge on any atom is 0.119 e. The lowest BCUT2D eigenvalue weighted by molar-refractivity contribution is 0.0666. The number of pyridine rings is 1. The highest BCUT2D eigenvalue weighted by molar-refractivity contribution is 5.59. The third-order valence-electron chi connectivity index (χ3n) is 3.76. The van der Waals surface area contributed by atoms with E-state index >= 15 is 0 Å². The molecule has 0 atom stereocenters. The van der Waals surface area contributed by atoms with Gasteiger partial charge in [0, 0.05) is 11.8 Å². The lowest BCUT2D eigenvalue weighted by Crippen LogP contribution is -2.26. The Bertz CT molecular complexity index is 531. The number of aromatic nitrogens is 1.